The SMILES string of the molecule is COCCOC1CN([C@H]2CC[C@H]([C@@H](C)c3sc4c(c3C)C(=O)N(Cc3c(C)cc(C)[nH]c3=O)CC4)CC2)C1. The Bertz CT molecular complexity index is 1210. The molecule has 2 aromatic heterocycles. The quantitative estimate of drug-likeness (QED) is 0.471. The van der Waals surface area contributed by atoms with Crippen LogP contribution in [0.25, 0.3) is 0 Å². The molecule has 2 aromatic rings. The molecule has 208 valence electrons. The first kappa shape index (κ1) is 27.6. The zero-order valence-electron chi connectivity index (χ0n) is 23.6. The molecule has 3 aliphatic rings. The van der Waals surface area contributed by atoms with E-state index in [-0.39, 0.29) is 11.5 Å². The minimum atomic E-state index is -0.0829. The number of likely N-dealkylation sites (tertiary alicyclic amines) is 1. The first-order valence-corrected chi connectivity index (χ1v) is 15.0. The van der Waals surface area contributed by atoms with Gasteiger partial charge in [-0.1, -0.05) is 6.92 Å². The lowest BCUT2D eigenvalue weighted by Gasteiger charge is -2.46. The molecule has 1 atom stereocenters. The summed E-state index contributed by atoms with van der Waals surface area (Å²) in [4.78, 5) is 36.2. The average molecular weight is 542 g/mol. The van der Waals surface area contributed by atoms with Crippen LogP contribution in [0.1, 0.15) is 81.0 Å². The molecule has 0 aromatic carbocycles. The summed E-state index contributed by atoms with van der Waals surface area (Å²) in [5.41, 5.74) is 4.48. The van der Waals surface area contributed by atoms with Crippen LogP contribution in [0.2, 0.25) is 0 Å². The Balaban J connectivity index is 1.19. The maximum atomic E-state index is 13.6. The molecule has 1 aliphatic carbocycles. The zero-order chi connectivity index (χ0) is 27.0. The number of aryl methyl sites for hydroxylation is 2. The Morgan fingerprint density at radius 3 is 2.53 bits per heavy atom. The molecule has 0 radical (unpaired) electrons. The van der Waals surface area contributed by atoms with Gasteiger partial charge < -0.3 is 19.4 Å². The van der Waals surface area contributed by atoms with Gasteiger partial charge in [-0.15, -0.1) is 11.3 Å². The van der Waals surface area contributed by atoms with E-state index in [2.05, 4.69) is 23.7 Å². The lowest BCUT2D eigenvalue weighted by molar-refractivity contribution is -0.0883. The number of fused-ring (bicyclic) bond motifs is 1. The van der Waals surface area contributed by atoms with Crippen molar-refractivity contribution in [2.75, 3.05) is 40.0 Å². The highest BCUT2D eigenvalue weighted by Gasteiger charge is 2.38. The van der Waals surface area contributed by atoms with Crippen molar-refractivity contribution in [3.63, 3.8) is 0 Å². The second-order valence-electron chi connectivity index (χ2n) is 11.6. The van der Waals surface area contributed by atoms with Crippen LogP contribution in [-0.2, 0) is 22.4 Å². The third kappa shape index (κ3) is 5.51. The van der Waals surface area contributed by atoms with Gasteiger partial charge in [0.15, 0.2) is 0 Å². The third-order valence-corrected chi connectivity index (χ3v) is 10.7. The van der Waals surface area contributed by atoms with E-state index >= 15 is 0 Å². The summed E-state index contributed by atoms with van der Waals surface area (Å²) in [5, 5.41) is 0. The molecule has 5 rings (SSSR count). The topological polar surface area (TPSA) is 74.9 Å². The largest absolute Gasteiger partial charge is 0.382 e. The van der Waals surface area contributed by atoms with Gasteiger partial charge in [0, 0.05) is 60.2 Å². The number of amides is 1. The van der Waals surface area contributed by atoms with Crippen LogP contribution in [0.15, 0.2) is 10.9 Å². The number of hydrogen-bond acceptors (Lipinski definition) is 6. The molecule has 2 fully saturated rings. The van der Waals surface area contributed by atoms with Gasteiger partial charge in [0.2, 0.25) is 0 Å². The summed E-state index contributed by atoms with van der Waals surface area (Å²) in [5.74, 6) is 1.22. The fraction of sp³-hybridized carbons (Fsp3) is 0.667. The molecule has 1 saturated carbocycles. The van der Waals surface area contributed by atoms with Crippen molar-refractivity contribution in [2.45, 2.75) is 84.4 Å². The number of aromatic amines is 1. The molecule has 1 amide bonds. The summed E-state index contributed by atoms with van der Waals surface area (Å²) in [6, 6.07) is 2.67. The summed E-state index contributed by atoms with van der Waals surface area (Å²) in [6.45, 7) is 12.9. The molecule has 0 spiro atoms. The number of rotatable bonds is 9. The number of H-pyrrole nitrogens is 1. The Labute approximate surface area is 230 Å². The average Bonchev–Trinajstić information content (AvgIpc) is 3.20. The van der Waals surface area contributed by atoms with Crippen molar-refractivity contribution in [2.24, 2.45) is 5.92 Å². The highest BCUT2D eigenvalue weighted by Crippen LogP contribution is 2.44. The Morgan fingerprint density at radius 2 is 1.84 bits per heavy atom. The van der Waals surface area contributed by atoms with Crippen LogP contribution in [0.4, 0.5) is 0 Å². The van der Waals surface area contributed by atoms with Crippen molar-refractivity contribution >= 4 is 17.2 Å². The Hall–Kier alpha value is -2.00. The first-order chi connectivity index (χ1) is 18.3. The molecule has 4 heterocycles. The van der Waals surface area contributed by atoms with E-state index in [4.69, 9.17) is 9.47 Å². The van der Waals surface area contributed by atoms with Gasteiger partial charge >= 0.3 is 0 Å². The molecule has 7 nitrogen and oxygen atoms in total. The molecule has 0 bridgehead atoms. The maximum absolute atomic E-state index is 13.6. The second kappa shape index (κ2) is 11.6. The summed E-state index contributed by atoms with van der Waals surface area (Å²) < 4.78 is 10.9. The van der Waals surface area contributed by atoms with Crippen molar-refractivity contribution in [3.8, 4) is 0 Å². The van der Waals surface area contributed by atoms with Crippen molar-refractivity contribution in [1.29, 1.82) is 0 Å². The third-order valence-electron chi connectivity index (χ3n) is 9.10. The first-order valence-electron chi connectivity index (χ1n) is 14.2. The number of ether oxygens (including phenoxy) is 2. The minimum absolute atomic E-state index is 0.0829. The van der Waals surface area contributed by atoms with Crippen molar-refractivity contribution < 1.29 is 14.3 Å². The van der Waals surface area contributed by atoms with E-state index in [1.807, 2.05) is 36.2 Å². The van der Waals surface area contributed by atoms with E-state index in [0.717, 1.165) is 36.3 Å². The molecule has 1 N–H and O–H groups in total. The maximum Gasteiger partial charge on any atom is 0.255 e. The fourth-order valence-corrected chi connectivity index (χ4v) is 8.19. The predicted molar refractivity (Wildman–Crippen MR) is 151 cm³/mol. The molecule has 0 unspecified atom stereocenters. The lowest BCUT2D eigenvalue weighted by Crippen LogP contribution is -2.57. The number of carbonyl (C=O) groups excluding carboxylic acids is 1. The highest BCUT2D eigenvalue weighted by molar-refractivity contribution is 7.12. The van der Waals surface area contributed by atoms with Gasteiger partial charge in [-0.2, -0.15) is 0 Å². The monoisotopic (exact) mass is 541 g/mol. The second-order valence-corrected chi connectivity index (χ2v) is 12.7. The van der Waals surface area contributed by atoms with E-state index in [1.54, 1.807) is 7.11 Å². The van der Waals surface area contributed by atoms with Crippen molar-refractivity contribution in [3.05, 3.63) is 54.1 Å². The molecular weight excluding hydrogens is 498 g/mol. The van der Waals surface area contributed by atoms with Crippen LogP contribution in [0.3, 0.4) is 0 Å². The standard InChI is InChI=1S/C30H43N3O4S/c1-18-14-19(2)31-29(34)25(18)17-32-11-10-26-27(30(32)35)21(4)28(38-26)20(3)22-6-8-23(9-7-22)33-15-24(16-33)37-13-12-36-5/h14,20,22-24H,6-13,15-17H2,1-5H3,(H,31,34)/t20-,22-,23-/m1/s1. The van der Waals surface area contributed by atoms with Gasteiger partial charge in [0.1, 0.15) is 0 Å². The van der Waals surface area contributed by atoms with Gasteiger partial charge in [0.25, 0.3) is 11.5 Å². The van der Waals surface area contributed by atoms with E-state index in [9.17, 15) is 9.59 Å². The van der Waals surface area contributed by atoms with Gasteiger partial charge in [-0.3, -0.25) is 14.5 Å². The predicted octanol–water partition coefficient (Wildman–Crippen LogP) is 4.57. The van der Waals surface area contributed by atoms with Crippen LogP contribution in [0.5, 0.6) is 0 Å². The van der Waals surface area contributed by atoms with Crippen LogP contribution in [0, 0.1) is 26.7 Å². The number of thiophene rings is 1. The molecule has 1 saturated heterocycles. The number of nitrogens with zero attached hydrogens (tertiary/aromatic N) is 2. The Kier molecular flexibility index (Phi) is 8.43. The number of methoxy groups -OCH3 is 1. The number of hydrogen-bond donors (Lipinski definition) is 1. The van der Waals surface area contributed by atoms with E-state index in [0.29, 0.717) is 55.8 Å². The van der Waals surface area contributed by atoms with Crippen LogP contribution < -0.4 is 5.56 Å². The summed E-state index contributed by atoms with van der Waals surface area (Å²) >= 11 is 1.86. The minimum Gasteiger partial charge on any atom is -0.382 e. The number of carbonyl (C=O) groups is 1. The number of nitrogens with one attached hydrogen (secondary N) is 1. The van der Waals surface area contributed by atoms with E-state index < -0.39 is 0 Å². The smallest absolute Gasteiger partial charge is 0.255 e. The summed E-state index contributed by atoms with van der Waals surface area (Å²) in [6.07, 6.45) is 6.23. The lowest BCUT2D eigenvalue weighted by atomic mass is 9.76. The molecule has 2 aliphatic heterocycles. The van der Waals surface area contributed by atoms with Gasteiger partial charge in [0.05, 0.1) is 31.4 Å². The van der Waals surface area contributed by atoms with Crippen molar-refractivity contribution in [1.82, 2.24) is 14.8 Å². The Morgan fingerprint density at radius 1 is 1.11 bits per heavy atom. The fourth-order valence-electron chi connectivity index (χ4n) is 6.75. The number of aromatic nitrogens is 1. The van der Waals surface area contributed by atoms with E-state index in [1.165, 1.54) is 41.0 Å². The molecule has 8 heteroatoms. The van der Waals surface area contributed by atoms with Crippen LogP contribution in [-0.4, -0.2) is 72.8 Å². The normalized spacial score (nSPS) is 23.4. The van der Waals surface area contributed by atoms with Gasteiger partial charge in [-0.05, 0) is 75.5 Å². The van der Waals surface area contributed by atoms with Crippen LogP contribution >= 0.6 is 11.3 Å². The molecular formula is C30H43N3O4S. The molecule has 38 heavy (non-hydrogen) atoms. The number of pyridine rings is 1. The zero-order valence-corrected chi connectivity index (χ0v) is 24.4. The highest BCUT2D eigenvalue weighted by atomic mass is 32.1. The van der Waals surface area contributed by atoms with Gasteiger partial charge in [-0.25, -0.2) is 0 Å². The summed E-state index contributed by atoms with van der Waals surface area (Å²) in [7, 11) is 1.71.